The quantitative estimate of drug-likeness (QED) is 0.781. The number of carbonyl (C=O) groups is 1. The standard InChI is InChI=1S/C13H13NO3/c1-8-7-12(9(2)17-8)13(16)14-10-3-5-11(15)6-4-10/h3-7,15H,1-2H3,(H,14,16). The molecule has 1 amide bonds. The topological polar surface area (TPSA) is 62.5 Å². The molecule has 2 rings (SSSR count). The molecule has 0 saturated heterocycles. The molecule has 4 nitrogen and oxygen atoms in total. The minimum Gasteiger partial charge on any atom is -0.508 e. The molecule has 0 bridgehead atoms. The van der Waals surface area contributed by atoms with Gasteiger partial charge in [-0.1, -0.05) is 0 Å². The Balaban J connectivity index is 2.17. The highest BCUT2D eigenvalue weighted by Gasteiger charge is 2.13. The summed E-state index contributed by atoms with van der Waals surface area (Å²) < 4.78 is 5.29. The van der Waals surface area contributed by atoms with Crippen LogP contribution in [0.15, 0.2) is 34.7 Å². The minimum absolute atomic E-state index is 0.165. The third-order valence-electron chi connectivity index (χ3n) is 2.41. The molecule has 0 aliphatic rings. The van der Waals surface area contributed by atoms with Crippen molar-refractivity contribution in [3.8, 4) is 5.75 Å². The third kappa shape index (κ3) is 2.47. The number of phenolic OH excluding ortho intramolecular Hbond substituents is 1. The molecule has 0 spiro atoms. The lowest BCUT2D eigenvalue weighted by molar-refractivity contribution is 0.102. The van der Waals surface area contributed by atoms with Crippen molar-refractivity contribution in [1.29, 1.82) is 0 Å². The van der Waals surface area contributed by atoms with E-state index in [1.165, 1.54) is 12.1 Å². The molecule has 1 heterocycles. The van der Waals surface area contributed by atoms with Gasteiger partial charge < -0.3 is 14.8 Å². The number of phenols is 1. The number of rotatable bonds is 2. The number of carbonyl (C=O) groups excluding carboxylic acids is 1. The highest BCUT2D eigenvalue weighted by atomic mass is 16.3. The van der Waals surface area contributed by atoms with E-state index in [1.807, 2.05) is 0 Å². The van der Waals surface area contributed by atoms with Crippen LogP contribution in [0, 0.1) is 13.8 Å². The Kier molecular flexibility index (Phi) is 2.87. The highest BCUT2D eigenvalue weighted by Crippen LogP contribution is 2.18. The number of aryl methyl sites for hydroxylation is 2. The molecule has 1 aromatic carbocycles. The van der Waals surface area contributed by atoms with Crippen LogP contribution in [0.1, 0.15) is 21.9 Å². The van der Waals surface area contributed by atoms with Gasteiger partial charge in [-0.15, -0.1) is 0 Å². The number of aromatic hydroxyl groups is 1. The smallest absolute Gasteiger partial charge is 0.259 e. The summed E-state index contributed by atoms with van der Waals surface area (Å²) in [4.78, 5) is 11.9. The monoisotopic (exact) mass is 231 g/mol. The molecule has 0 saturated carbocycles. The van der Waals surface area contributed by atoms with Crippen molar-refractivity contribution in [1.82, 2.24) is 0 Å². The number of amides is 1. The van der Waals surface area contributed by atoms with Gasteiger partial charge in [0.1, 0.15) is 17.3 Å². The fraction of sp³-hybridized carbons (Fsp3) is 0.154. The van der Waals surface area contributed by atoms with Crippen LogP contribution >= 0.6 is 0 Å². The van der Waals surface area contributed by atoms with Gasteiger partial charge in [0, 0.05) is 5.69 Å². The Bertz CT molecular complexity index is 540. The first-order valence-corrected chi connectivity index (χ1v) is 5.23. The molecule has 0 aliphatic heterocycles. The molecule has 1 aromatic heterocycles. The number of hydrogen-bond acceptors (Lipinski definition) is 3. The molecule has 0 atom stereocenters. The first kappa shape index (κ1) is 11.3. The lowest BCUT2D eigenvalue weighted by Crippen LogP contribution is -2.11. The molecule has 0 fully saturated rings. The van der Waals surface area contributed by atoms with E-state index in [9.17, 15) is 4.79 Å². The van der Waals surface area contributed by atoms with Crippen LogP contribution in [0.2, 0.25) is 0 Å². The number of furan rings is 1. The van der Waals surface area contributed by atoms with E-state index in [-0.39, 0.29) is 11.7 Å². The van der Waals surface area contributed by atoms with Crippen LogP contribution in [-0.2, 0) is 0 Å². The number of anilines is 1. The molecular formula is C13H13NO3. The van der Waals surface area contributed by atoms with Gasteiger partial charge in [-0.25, -0.2) is 0 Å². The second-order valence-electron chi connectivity index (χ2n) is 3.83. The molecule has 0 aliphatic carbocycles. The largest absolute Gasteiger partial charge is 0.508 e. The molecule has 88 valence electrons. The number of nitrogens with one attached hydrogen (secondary N) is 1. The molecule has 2 N–H and O–H groups in total. The zero-order chi connectivity index (χ0) is 12.4. The Hall–Kier alpha value is -2.23. The van der Waals surface area contributed by atoms with Crippen molar-refractivity contribution in [3.63, 3.8) is 0 Å². The van der Waals surface area contributed by atoms with E-state index < -0.39 is 0 Å². The Morgan fingerprint density at radius 2 is 1.88 bits per heavy atom. The summed E-state index contributed by atoms with van der Waals surface area (Å²) in [6, 6.07) is 8.00. The maximum atomic E-state index is 11.9. The minimum atomic E-state index is -0.218. The molecule has 0 unspecified atom stereocenters. The van der Waals surface area contributed by atoms with Gasteiger partial charge >= 0.3 is 0 Å². The number of benzene rings is 1. The summed E-state index contributed by atoms with van der Waals surface area (Å²) >= 11 is 0. The first-order valence-electron chi connectivity index (χ1n) is 5.23. The van der Waals surface area contributed by atoms with Crippen LogP contribution in [0.3, 0.4) is 0 Å². The summed E-state index contributed by atoms with van der Waals surface area (Å²) in [7, 11) is 0. The zero-order valence-corrected chi connectivity index (χ0v) is 9.65. The molecule has 4 heteroatoms. The van der Waals surface area contributed by atoms with Crippen LogP contribution < -0.4 is 5.32 Å². The summed E-state index contributed by atoms with van der Waals surface area (Å²) in [5.74, 6) is 1.25. The van der Waals surface area contributed by atoms with E-state index in [2.05, 4.69) is 5.32 Å². The van der Waals surface area contributed by atoms with Crippen molar-refractivity contribution in [3.05, 3.63) is 47.4 Å². The van der Waals surface area contributed by atoms with Crippen LogP contribution in [-0.4, -0.2) is 11.0 Å². The summed E-state index contributed by atoms with van der Waals surface area (Å²) in [5, 5.41) is 11.9. The highest BCUT2D eigenvalue weighted by molar-refractivity contribution is 6.05. The predicted molar refractivity (Wildman–Crippen MR) is 64.2 cm³/mol. The molecule has 0 radical (unpaired) electrons. The van der Waals surface area contributed by atoms with E-state index in [1.54, 1.807) is 32.0 Å². The van der Waals surface area contributed by atoms with Crippen molar-refractivity contribution in [2.24, 2.45) is 0 Å². The lowest BCUT2D eigenvalue weighted by atomic mass is 10.2. The van der Waals surface area contributed by atoms with Crippen molar-refractivity contribution < 1.29 is 14.3 Å². The molecular weight excluding hydrogens is 218 g/mol. The van der Waals surface area contributed by atoms with E-state index in [4.69, 9.17) is 9.52 Å². The average molecular weight is 231 g/mol. The average Bonchev–Trinajstić information content (AvgIpc) is 2.61. The fourth-order valence-corrected chi connectivity index (χ4v) is 1.60. The van der Waals surface area contributed by atoms with E-state index in [0.29, 0.717) is 22.8 Å². The van der Waals surface area contributed by atoms with Crippen LogP contribution in [0.4, 0.5) is 5.69 Å². The normalized spacial score (nSPS) is 10.2. The van der Waals surface area contributed by atoms with Crippen molar-refractivity contribution in [2.75, 3.05) is 5.32 Å². The summed E-state index contributed by atoms with van der Waals surface area (Å²) in [6.45, 7) is 3.54. The fourth-order valence-electron chi connectivity index (χ4n) is 1.60. The van der Waals surface area contributed by atoms with E-state index >= 15 is 0 Å². The maximum absolute atomic E-state index is 11.9. The van der Waals surface area contributed by atoms with Gasteiger partial charge in [-0.2, -0.15) is 0 Å². The lowest BCUT2D eigenvalue weighted by Gasteiger charge is -2.03. The van der Waals surface area contributed by atoms with Gasteiger partial charge in [-0.05, 0) is 44.2 Å². The zero-order valence-electron chi connectivity index (χ0n) is 9.65. The van der Waals surface area contributed by atoms with Gasteiger partial charge in [0.15, 0.2) is 0 Å². The third-order valence-corrected chi connectivity index (χ3v) is 2.41. The molecule has 2 aromatic rings. The van der Waals surface area contributed by atoms with Gasteiger partial charge in [-0.3, -0.25) is 4.79 Å². The SMILES string of the molecule is Cc1cc(C(=O)Nc2ccc(O)cc2)c(C)o1. The summed E-state index contributed by atoms with van der Waals surface area (Å²) in [5.41, 5.74) is 1.15. The molecule has 17 heavy (non-hydrogen) atoms. The van der Waals surface area contributed by atoms with Gasteiger partial charge in [0.2, 0.25) is 0 Å². The second-order valence-corrected chi connectivity index (χ2v) is 3.83. The van der Waals surface area contributed by atoms with Crippen molar-refractivity contribution >= 4 is 11.6 Å². The van der Waals surface area contributed by atoms with Gasteiger partial charge in [0.05, 0.1) is 5.56 Å². The maximum Gasteiger partial charge on any atom is 0.259 e. The Labute approximate surface area is 98.9 Å². The second kappa shape index (κ2) is 4.33. The predicted octanol–water partition coefficient (Wildman–Crippen LogP) is 2.85. The Morgan fingerprint density at radius 1 is 1.24 bits per heavy atom. The summed E-state index contributed by atoms with van der Waals surface area (Å²) in [6.07, 6.45) is 0. The van der Waals surface area contributed by atoms with Gasteiger partial charge in [0.25, 0.3) is 5.91 Å². The first-order chi connectivity index (χ1) is 8.06. The van der Waals surface area contributed by atoms with Crippen LogP contribution in [0.25, 0.3) is 0 Å². The van der Waals surface area contributed by atoms with Crippen molar-refractivity contribution in [2.45, 2.75) is 13.8 Å². The number of hydrogen-bond donors (Lipinski definition) is 2. The Morgan fingerprint density at radius 3 is 2.41 bits per heavy atom. The van der Waals surface area contributed by atoms with Crippen LogP contribution in [0.5, 0.6) is 5.75 Å². The van der Waals surface area contributed by atoms with E-state index in [0.717, 1.165) is 0 Å².